The molecule has 100 valence electrons. The first-order valence-electron chi connectivity index (χ1n) is 5.85. The first-order chi connectivity index (χ1) is 8.56. The highest BCUT2D eigenvalue weighted by Gasteiger charge is 2.17. The van der Waals surface area contributed by atoms with E-state index >= 15 is 0 Å². The van der Waals surface area contributed by atoms with Crippen molar-refractivity contribution in [2.45, 2.75) is 25.4 Å². The zero-order valence-corrected chi connectivity index (χ0v) is 12.2. The third-order valence-electron chi connectivity index (χ3n) is 2.70. The first-order valence-corrected chi connectivity index (χ1v) is 7.62. The van der Waals surface area contributed by atoms with Crippen molar-refractivity contribution in [1.82, 2.24) is 5.32 Å². The van der Waals surface area contributed by atoms with Gasteiger partial charge in [-0.2, -0.15) is 11.8 Å². The minimum atomic E-state index is -0.456. The number of carbonyl (C=O) groups is 1. The Balaban J connectivity index is 2.57. The van der Waals surface area contributed by atoms with Crippen molar-refractivity contribution in [2.24, 2.45) is 5.73 Å². The van der Waals surface area contributed by atoms with Gasteiger partial charge < -0.3 is 11.1 Å². The summed E-state index contributed by atoms with van der Waals surface area (Å²) in [6.07, 6.45) is 2.68. The summed E-state index contributed by atoms with van der Waals surface area (Å²) in [5.41, 5.74) is 6.72. The standard InChI is InChI=1S/C13H19ClN2OS/c1-9(10-5-3-4-6-11(10)14)16-13(17)12(15)7-8-18-2/h3-6,9,12H,7-8,15H2,1-2H3,(H,16,17)/t9-,12+/m1/s1. The van der Waals surface area contributed by atoms with Crippen molar-refractivity contribution >= 4 is 29.3 Å². The van der Waals surface area contributed by atoms with Crippen LogP contribution < -0.4 is 11.1 Å². The van der Waals surface area contributed by atoms with Crippen LogP contribution >= 0.6 is 23.4 Å². The van der Waals surface area contributed by atoms with Crippen LogP contribution in [0.4, 0.5) is 0 Å². The van der Waals surface area contributed by atoms with Gasteiger partial charge in [-0.15, -0.1) is 0 Å². The minimum absolute atomic E-state index is 0.128. The van der Waals surface area contributed by atoms with Crippen molar-refractivity contribution in [3.05, 3.63) is 34.9 Å². The average Bonchev–Trinajstić information content (AvgIpc) is 2.36. The summed E-state index contributed by atoms with van der Waals surface area (Å²) in [5, 5.41) is 3.54. The fourth-order valence-corrected chi connectivity index (χ4v) is 2.39. The molecule has 0 aromatic heterocycles. The number of hydrogen-bond acceptors (Lipinski definition) is 3. The van der Waals surface area contributed by atoms with Gasteiger partial charge in [-0.25, -0.2) is 0 Å². The number of nitrogens with two attached hydrogens (primary N) is 1. The number of halogens is 1. The van der Waals surface area contributed by atoms with Gasteiger partial charge in [0.05, 0.1) is 12.1 Å². The predicted molar refractivity (Wildman–Crippen MR) is 79.0 cm³/mol. The van der Waals surface area contributed by atoms with Crippen LogP contribution in [0.15, 0.2) is 24.3 Å². The Kier molecular flexibility index (Phi) is 6.54. The second-order valence-corrected chi connectivity index (χ2v) is 5.53. The van der Waals surface area contributed by atoms with Crippen LogP contribution in [0.1, 0.15) is 24.9 Å². The maximum atomic E-state index is 11.9. The molecular formula is C13H19ClN2OS. The summed E-state index contributed by atoms with van der Waals surface area (Å²) in [6.45, 7) is 1.90. The van der Waals surface area contributed by atoms with Gasteiger partial charge >= 0.3 is 0 Å². The topological polar surface area (TPSA) is 55.1 Å². The number of nitrogens with one attached hydrogen (secondary N) is 1. The van der Waals surface area contributed by atoms with Crippen molar-refractivity contribution in [2.75, 3.05) is 12.0 Å². The molecule has 0 saturated carbocycles. The lowest BCUT2D eigenvalue weighted by atomic mass is 10.1. The average molecular weight is 287 g/mol. The first kappa shape index (κ1) is 15.3. The molecule has 1 amide bonds. The number of thioether (sulfide) groups is 1. The van der Waals surface area contributed by atoms with E-state index in [0.717, 1.165) is 11.3 Å². The second-order valence-electron chi connectivity index (χ2n) is 4.14. The maximum absolute atomic E-state index is 11.9. The fourth-order valence-electron chi connectivity index (χ4n) is 1.60. The molecular weight excluding hydrogens is 268 g/mol. The van der Waals surface area contributed by atoms with Crippen LogP contribution in [0.25, 0.3) is 0 Å². The van der Waals surface area contributed by atoms with Crippen LogP contribution in [-0.2, 0) is 4.79 Å². The highest BCUT2D eigenvalue weighted by molar-refractivity contribution is 7.98. The molecule has 0 aliphatic carbocycles. The number of amides is 1. The van der Waals surface area contributed by atoms with Gasteiger partial charge in [0, 0.05) is 5.02 Å². The SMILES string of the molecule is CSCC[C@H](N)C(=O)N[C@H](C)c1ccccc1Cl. The molecule has 0 fully saturated rings. The van der Waals surface area contributed by atoms with E-state index in [4.69, 9.17) is 17.3 Å². The van der Waals surface area contributed by atoms with Crippen LogP contribution in [0.5, 0.6) is 0 Å². The highest BCUT2D eigenvalue weighted by atomic mass is 35.5. The normalized spacial score (nSPS) is 14.0. The summed E-state index contributed by atoms with van der Waals surface area (Å²) >= 11 is 7.76. The quantitative estimate of drug-likeness (QED) is 0.845. The number of benzene rings is 1. The van der Waals surface area contributed by atoms with E-state index in [1.807, 2.05) is 37.4 Å². The Morgan fingerprint density at radius 2 is 2.17 bits per heavy atom. The molecule has 0 bridgehead atoms. The van der Waals surface area contributed by atoms with Crippen molar-refractivity contribution in [3.8, 4) is 0 Å². The van der Waals surface area contributed by atoms with E-state index in [0.29, 0.717) is 11.4 Å². The Hall–Kier alpha value is -0.710. The molecule has 0 radical (unpaired) electrons. The molecule has 0 aliphatic rings. The zero-order chi connectivity index (χ0) is 13.5. The van der Waals surface area contributed by atoms with Crippen molar-refractivity contribution in [3.63, 3.8) is 0 Å². The molecule has 0 spiro atoms. The molecule has 1 rings (SSSR count). The lowest BCUT2D eigenvalue weighted by Crippen LogP contribution is -2.42. The van der Waals surface area contributed by atoms with E-state index < -0.39 is 6.04 Å². The van der Waals surface area contributed by atoms with Gasteiger partial charge in [-0.05, 0) is 37.0 Å². The Bertz CT molecular complexity index is 400. The van der Waals surface area contributed by atoms with E-state index in [1.165, 1.54) is 0 Å². The lowest BCUT2D eigenvalue weighted by molar-refractivity contribution is -0.123. The van der Waals surface area contributed by atoms with Crippen LogP contribution in [0.2, 0.25) is 5.02 Å². The summed E-state index contributed by atoms with van der Waals surface area (Å²) < 4.78 is 0. The molecule has 1 aromatic carbocycles. The summed E-state index contributed by atoms with van der Waals surface area (Å²) in [7, 11) is 0. The molecule has 0 aliphatic heterocycles. The largest absolute Gasteiger partial charge is 0.348 e. The van der Waals surface area contributed by atoms with E-state index in [2.05, 4.69) is 5.32 Å². The third kappa shape index (κ3) is 4.52. The monoisotopic (exact) mass is 286 g/mol. The molecule has 0 heterocycles. The number of rotatable bonds is 6. The van der Waals surface area contributed by atoms with Crippen molar-refractivity contribution in [1.29, 1.82) is 0 Å². The molecule has 1 aromatic rings. The van der Waals surface area contributed by atoms with E-state index in [-0.39, 0.29) is 11.9 Å². The smallest absolute Gasteiger partial charge is 0.237 e. The van der Waals surface area contributed by atoms with Gasteiger partial charge in [-0.3, -0.25) is 4.79 Å². The number of carbonyl (C=O) groups excluding carboxylic acids is 1. The molecule has 0 unspecified atom stereocenters. The third-order valence-corrected chi connectivity index (χ3v) is 3.69. The van der Waals surface area contributed by atoms with Gasteiger partial charge in [-0.1, -0.05) is 29.8 Å². The zero-order valence-electron chi connectivity index (χ0n) is 10.7. The molecule has 3 N–H and O–H groups in total. The molecule has 3 nitrogen and oxygen atoms in total. The molecule has 2 atom stereocenters. The molecule has 0 saturated heterocycles. The summed E-state index contributed by atoms with van der Waals surface area (Å²) in [5.74, 6) is 0.756. The van der Waals surface area contributed by atoms with Gasteiger partial charge in [0.1, 0.15) is 0 Å². The number of hydrogen-bond donors (Lipinski definition) is 2. The van der Waals surface area contributed by atoms with Crippen molar-refractivity contribution < 1.29 is 4.79 Å². The molecule has 18 heavy (non-hydrogen) atoms. The van der Waals surface area contributed by atoms with Crippen LogP contribution in [0, 0.1) is 0 Å². The summed E-state index contributed by atoms with van der Waals surface area (Å²) in [4.78, 5) is 11.9. The molecule has 5 heteroatoms. The Morgan fingerprint density at radius 3 is 2.78 bits per heavy atom. The second kappa shape index (κ2) is 7.67. The van der Waals surface area contributed by atoms with E-state index in [1.54, 1.807) is 11.8 Å². The maximum Gasteiger partial charge on any atom is 0.237 e. The fraction of sp³-hybridized carbons (Fsp3) is 0.462. The predicted octanol–water partition coefficient (Wildman–Crippen LogP) is 2.60. The lowest BCUT2D eigenvalue weighted by Gasteiger charge is -2.18. The van der Waals surface area contributed by atoms with Gasteiger partial charge in [0.2, 0.25) is 5.91 Å². The van der Waals surface area contributed by atoms with E-state index in [9.17, 15) is 4.79 Å². The Morgan fingerprint density at radius 1 is 1.50 bits per heavy atom. The van der Waals surface area contributed by atoms with Crippen LogP contribution in [-0.4, -0.2) is 24.0 Å². The minimum Gasteiger partial charge on any atom is -0.348 e. The highest BCUT2D eigenvalue weighted by Crippen LogP contribution is 2.22. The Labute approximate surface area is 117 Å². The van der Waals surface area contributed by atoms with Crippen LogP contribution in [0.3, 0.4) is 0 Å². The van der Waals surface area contributed by atoms with Gasteiger partial charge in [0.25, 0.3) is 0 Å². The van der Waals surface area contributed by atoms with Gasteiger partial charge in [0.15, 0.2) is 0 Å². The summed E-state index contributed by atoms with van der Waals surface area (Å²) in [6, 6.07) is 6.89.